The molecule has 2 amide bonds. The molecule has 3 aromatic rings. The number of aromatic nitrogens is 1. The number of nitrogens with one attached hydrogen (secondary N) is 2. The zero-order valence-corrected chi connectivity index (χ0v) is 16.4. The number of rotatable bonds is 7. The molecular formula is C21H20FN3O5. The van der Waals surface area contributed by atoms with E-state index in [1.807, 2.05) is 6.92 Å². The summed E-state index contributed by atoms with van der Waals surface area (Å²) in [5.74, 6) is -0.683. The lowest BCUT2D eigenvalue weighted by molar-refractivity contribution is -0.123. The molecule has 2 aromatic carbocycles. The maximum Gasteiger partial charge on any atom is 0.276 e. The first kappa shape index (κ1) is 20.8. The second-order valence-corrected chi connectivity index (χ2v) is 6.34. The summed E-state index contributed by atoms with van der Waals surface area (Å²) < 4.78 is 29.3. The fraction of sp³-hybridized carbons (Fsp3) is 0.190. The van der Waals surface area contributed by atoms with Gasteiger partial charge in [-0.2, -0.15) is 0 Å². The zero-order chi connectivity index (χ0) is 21.5. The number of para-hydroxylation sites is 1. The number of carbonyl (C=O) groups excluding carboxylic acids is 2. The van der Waals surface area contributed by atoms with Crippen LogP contribution in [0.1, 0.15) is 27.4 Å². The van der Waals surface area contributed by atoms with Gasteiger partial charge in [-0.1, -0.05) is 23.4 Å². The van der Waals surface area contributed by atoms with E-state index in [2.05, 4.69) is 16.0 Å². The number of amides is 2. The Bertz CT molecular complexity index is 1030. The lowest BCUT2D eigenvalue weighted by atomic mass is 10.2. The minimum Gasteiger partial charge on any atom is -0.489 e. The van der Waals surface area contributed by atoms with Crippen LogP contribution in [0.15, 0.2) is 53.1 Å². The van der Waals surface area contributed by atoms with Crippen LogP contribution >= 0.6 is 0 Å². The van der Waals surface area contributed by atoms with Gasteiger partial charge in [0.1, 0.15) is 18.1 Å². The quantitative estimate of drug-likeness (QED) is 0.578. The number of hydrogen-bond donors (Lipinski definition) is 2. The van der Waals surface area contributed by atoms with E-state index >= 15 is 0 Å². The van der Waals surface area contributed by atoms with Gasteiger partial charge in [0.05, 0.1) is 11.3 Å². The van der Waals surface area contributed by atoms with Gasteiger partial charge >= 0.3 is 0 Å². The zero-order valence-electron chi connectivity index (χ0n) is 16.4. The molecule has 1 aromatic heterocycles. The topological polar surface area (TPSA) is 103 Å². The molecule has 0 saturated heterocycles. The van der Waals surface area contributed by atoms with Crippen LogP contribution in [0, 0.1) is 19.7 Å². The van der Waals surface area contributed by atoms with Crippen molar-refractivity contribution in [2.75, 3.05) is 6.61 Å². The number of nitrogens with zero attached hydrogens (tertiary/aromatic N) is 1. The summed E-state index contributed by atoms with van der Waals surface area (Å²) in [5.41, 5.74) is 6.34. The molecule has 0 radical (unpaired) electrons. The molecular weight excluding hydrogens is 393 g/mol. The van der Waals surface area contributed by atoms with Crippen LogP contribution in [0.4, 0.5) is 4.39 Å². The van der Waals surface area contributed by atoms with Gasteiger partial charge in [0.25, 0.3) is 11.8 Å². The van der Waals surface area contributed by atoms with Crippen LogP contribution in [0.3, 0.4) is 0 Å². The lowest BCUT2D eigenvalue weighted by Gasteiger charge is -2.10. The number of aryl methyl sites for hydroxylation is 2. The van der Waals surface area contributed by atoms with Crippen molar-refractivity contribution in [2.45, 2.75) is 20.5 Å². The average molecular weight is 413 g/mol. The molecule has 8 nitrogen and oxygen atoms in total. The number of ether oxygens (including phenoxy) is 2. The van der Waals surface area contributed by atoms with E-state index in [0.717, 1.165) is 11.3 Å². The largest absolute Gasteiger partial charge is 0.489 e. The molecule has 0 atom stereocenters. The van der Waals surface area contributed by atoms with Crippen molar-refractivity contribution in [1.82, 2.24) is 16.0 Å². The van der Waals surface area contributed by atoms with Gasteiger partial charge in [-0.15, -0.1) is 0 Å². The van der Waals surface area contributed by atoms with Gasteiger partial charge in [0.2, 0.25) is 0 Å². The van der Waals surface area contributed by atoms with Crippen molar-refractivity contribution < 1.29 is 28.0 Å². The third-order valence-corrected chi connectivity index (χ3v) is 4.17. The highest BCUT2D eigenvalue weighted by atomic mass is 19.1. The standard InChI is InChI=1S/C21H20FN3O5/c1-13-17(14(2)30-25-13)11-28-16-7-5-6-15(10-16)21(27)24-23-20(26)12-29-19-9-4-3-8-18(19)22/h3-10H,11-12H2,1-2H3,(H,23,26)(H,24,27). The molecule has 9 heteroatoms. The highest BCUT2D eigenvalue weighted by Gasteiger charge is 2.12. The summed E-state index contributed by atoms with van der Waals surface area (Å²) in [6.07, 6.45) is 0. The number of halogens is 1. The second kappa shape index (κ2) is 9.55. The van der Waals surface area contributed by atoms with E-state index < -0.39 is 24.2 Å². The molecule has 0 aliphatic carbocycles. The predicted octanol–water partition coefficient (Wildman–Crippen LogP) is 2.85. The van der Waals surface area contributed by atoms with Crippen LogP contribution < -0.4 is 20.3 Å². The van der Waals surface area contributed by atoms with Gasteiger partial charge in [0, 0.05) is 5.56 Å². The van der Waals surface area contributed by atoms with E-state index in [4.69, 9.17) is 14.0 Å². The first-order valence-corrected chi connectivity index (χ1v) is 9.05. The van der Waals surface area contributed by atoms with Crippen molar-refractivity contribution in [3.8, 4) is 11.5 Å². The highest BCUT2D eigenvalue weighted by molar-refractivity contribution is 5.95. The molecule has 0 unspecified atom stereocenters. The Balaban J connectivity index is 1.50. The van der Waals surface area contributed by atoms with Crippen LogP contribution in [0.2, 0.25) is 0 Å². The first-order chi connectivity index (χ1) is 14.4. The Morgan fingerprint density at radius 1 is 1.07 bits per heavy atom. The predicted molar refractivity (Wildman–Crippen MR) is 104 cm³/mol. The molecule has 30 heavy (non-hydrogen) atoms. The number of carbonyl (C=O) groups is 2. The minimum atomic E-state index is -0.641. The minimum absolute atomic E-state index is 0.0536. The van der Waals surface area contributed by atoms with Gasteiger partial charge < -0.3 is 14.0 Å². The smallest absolute Gasteiger partial charge is 0.276 e. The summed E-state index contributed by atoms with van der Waals surface area (Å²) in [6, 6.07) is 12.2. The van der Waals surface area contributed by atoms with E-state index in [-0.39, 0.29) is 17.9 Å². The third kappa shape index (κ3) is 5.34. The van der Waals surface area contributed by atoms with Gasteiger partial charge in [-0.25, -0.2) is 4.39 Å². The van der Waals surface area contributed by atoms with Crippen molar-refractivity contribution in [3.05, 3.63) is 76.9 Å². The van der Waals surface area contributed by atoms with Crippen LogP contribution in [-0.4, -0.2) is 23.6 Å². The van der Waals surface area contributed by atoms with Gasteiger partial charge in [0.15, 0.2) is 18.2 Å². The summed E-state index contributed by atoms with van der Waals surface area (Å²) in [7, 11) is 0. The van der Waals surface area contributed by atoms with E-state index in [9.17, 15) is 14.0 Å². The molecule has 0 saturated carbocycles. The molecule has 0 aliphatic rings. The Kier molecular flexibility index (Phi) is 6.63. The summed E-state index contributed by atoms with van der Waals surface area (Å²) in [5, 5.41) is 3.86. The van der Waals surface area contributed by atoms with Gasteiger partial charge in [-0.3, -0.25) is 20.4 Å². The third-order valence-electron chi connectivity index (χ3n) is 4.17. The summed E-state index contributed by atoms with van der Waals surface area (Å²) in [4.78, 5) is 24.1. The molecule has 3 rings (SSSR count). The molecule has 0 aliphatic heterocycles. The molecule has 0 spiro atoms. The Hall–Kier alpha value is -3.88. The summed E-state index contributed by atoms with van der Waals surface area (Å²) in [6.45, 7) is 3.40. The van der Waals surface area contributed by atoms with Crippen molar-refractivity contribution in [3.63, 3.8) is 0 Å². The first-order valence-electron chi connectivity index (χ1n) is 9.05. The fourth-order valence-electron chi connectivity index (χ4n) is 2.53. The van der Waals surface area contributed by atoms with Crippen LogP contribution in [-0.2, 0) is 11.4 Å². The van der Waals surface area contributed by atoms with E-state index in [1.165, 1.54) is 24.3 Å². The van der Waals surface area contributed by atoms with E-state index in [0.29, 0.717) is 11.5 Å². The van der Waals surface area contributed by atoms with Crippen LogP contribution in [0.25, 0.3) is 0 Å². The monoisotopic (exact) mass is 413 g/mol. The fourth-order valence-corrected chi connectivity index (χ4v) is 2.53. The van der Waals surface area contributed by atoms with Crippen LogP contribution in [0.5, 0.6) is 11.5 Å². The molecule has 0 fully saturated rings. The average Bonchev–Trinajstić information content (AvgIpc) is 3.07. The maximum atomic E-state index is 13.5. The Morgan fingerprint density at radius 2 is 1.87 bits per heavy atom. The Morgan fingerprint density at radius 3 is 2.60 bits per heavy atom. The normalized spacial score (nSPS) is 10.4. The molecule has 0 bridgehead atoms. The molecule has 156 valence electrons. The second-order valence-electron chi connectivity index (χ2n) is 6.34. The highest BCUT2D eigenvalue weighted by Crippen LogP contribution is 2.18. The SMILES string of the molecule is Cc1noc(C)c1COc1cccc(C(=O)NNC(=O)COc2ccccc2F)c1. The Labute approximate surface area is 171 Å². The lowest BCUT2D eigenvalue weighted by Crippen LogP contribution is -2.43. The summed E-state index contributed by atoms with van der Waals surface area (Å²) >= 11 is 0. The number of hydrogen-bond acceptors (Lipinski definition) is 6. The molecule has 1 heterocycles. The number of hydrazine groups is 1. The van der Waals surface area contributed by atoms with Crippen molar-refractivity contribution in [2.24, 2.45) is 0 Å². The van der Waals surface area contributed by atoms with Crippen molar-refractivity contribution in [1.29, 1.82) is 0 Å². The molecule has 2 N–H and O–H groups in total. The van der Waals surface area contributed by atoms with E-state index in [1.54, 1.807) is 31.2 Å². The number of benzene rings is 2. The maximum absolute atomic E-state index is 13.5. The van der Waals surface area contributed by atoms with Crippen molar-refractivity contribution >= 4 is 11.8 Å². The van der Waals surface area contributed by atoms with Gasteiger partial charge in [-0.05, 0) is 44.2 Å².